The van der Waals surface area contributed by atoms with Crippen LogP contribution in [0.3, 0.4) is 0 Å². The third kappa shape index (κ3) is 3.82. The predicted molar refractivity (Wildman–Crippen MR) is 107 cm³/mol. The van der Waals surface area contributed by atoms with Crippen molar-refractivity contribution >= 4 is 33.9 Å². The maximum atomic E-state index is 12.3. The summed E-state index contributed by atoms with van der Waals surface area (Å²) < 4.78 is 27.5. The molecule has 1 aliphatic rings. The number of nitrogens with zero attached hydrogens (tertiary/aromatic N) is 1. The third-order valence-electron chi connectivity index (χ3n) is 4.00. The standard InChI is InChI=1S/C20H18BrNO6/c1-24-15-6-5-12(21)10-13(15)19-22-14(20(23)28-19)7-11-8-16(25-2)18(27-4)17(9-11)26-3/h5-10H,1-4H3. The number of ether oxygens (including phenoxy) is 5. The molecule has 28 heavy (non-hydrogen) atoms. The fourth-order valence-corrected chi connectivity index (χ4v) is 3.08. The predicted octanol–water partition coefficient (Wildman–Crippen LogP) is 3.83. The van der Waals surface area contributed by atoms with Crippen molar-refractivity contribution in [2.24, 2.45) is 4.99 Å². The number of esters is 1. The first-order valence-corrected chi connectivity index (χ1v) is 8.96. The summed E-state index contributed by atoms with van der Waals surface area (Å²) in [6.45, 7) is 0. The Bertz CT molecular complexity index is 958. The van der Waals surface area contributed by atoms with Gasteiger partial charge in [0.25, 0.3) is 0 Å². The van der Waals surface area contributed by atoms with E-state index in [0.29, 0.717) is 34.1 Å². The van der Waals surface area contributed by atoms with Crippen LogP contribution < -0.4 is 18.9 Å². The van der Waals surface area contributed by atoms with Gasteiger partial charge >= 0.3 is 5.97 Å². The Morgan fingerprint density at radius 3 is 2.14 bits per heavy atom. The number of carbonyl (C=O) groups is 1. The van der Waals surface area contributed by atoms with Gasteiger partial charge in [-0.3, -0.25) is 0 Å². The van der Waals surface area contributed by atoms with Gasteiger partial charge in [0.2, 0.25) is 11.6 Å². The van der Waals surface area contributed by atoms with Crippen LogP contribution in [0.1, 0.15) is 11.1 Å². The summed E-state index contributed by atoms with van der Waals surface area (Å²) in [5.41, 5.74) is 1.36. The van der Waals surface area contributed by atoms with E-state index < -0.39 is 5.97 Å². The molecule has 0 spiro atoms. The summed E-state index contributed by atoms with van der Waals surface area (Å²) in [7, 11) is 6.10. The van der Waals surface area contributed by atoms with Crippen LogP contribution in [0, 0.1) is 0 Å². The molecule has 146 valence electrons. The molecule has 0 saturated heterocycles. The summed E-state index contributed by atoms with van der Waals surface area (Å²) >= 11 is 3.40. The molecule has 0 N–H and O–H groups in total. The smallest absolute Gasteiger partial charge is 0.363 e. The van der Waals surface area contributed by atoms with E-state index >= 15 is 0 Å². The van der Waals surface area contributed by atoms with E-state index in [2.05, 4.69) is 20.9 Å². The van der Waals surface area contributed by atoms with Crippen molar-refractivity contribution in [3.63, 3.8) is 0 Å². The summed E-state index contributed by atoms with van der Waals surface area (Å²) in [5.74, 6) is 1.55. The van der Waals surface area contributed by atoms with Gasteiger partial charge in [-0.1, -0.05) is 15.9 Å². The third-order valence-corrected chi connectivity index (χ3v) is 4.50. The van der Waals surface area contributed by atoms with Gasteiger partial charge in [-0.25, -0.2) is 9.79 Å². The fourth-order valence-electron chi connectivity index (χ4n) is 2.71. The van der Waals surface area contributed by atoms with Crippen LogP contribution in [0.2, 0.25) is 0 Å². The van der Waals surface area contributed by atoms with E-state index in [1.165, 1.54) is 28.4 Å². The molecule has 0 saturated carbocycles. The van der Waals surface area contributed by atoms with Crippen molar-refractivity contribution in [3.8, 4) is 23.0 Å². The molecule has 0 unspecified atom stereocenters. The van der Waals surface area contributed by atoms with E-state index in [0.717, 1.165) is 4.47 Å². The van der Waals surface area contributed by atoms with Crippen LogP contribution >= 0.6 is 15.9 Å². The number of methoxy groups -OCH3 is 4. The molecule has 1 aliphatic heterocycles. The Morgan fingerprint density at radius 1 is 0.929 bits per heavy atom. The lowest BCUT2D eigenvalue weighted by atomic mass is 10.1. The van der Waals surface area contributed by atoms with Gasteiger partial charge in [0.05, 0.1) is 34.0 Å². The van der Waals surface area contributed by atoms with E-state index in [1.54, 1.807) is 30.3 Å². The van der Waals surface area contributed by atoms with E-state index in [1.807, 2.05) is 6.07 Å². The summed E-state index contributed by atoms with van der Waals surface area (Å²) in [5, 5.41) is 0. The lowest BCUT2D eigenvalue weighted by Gasteiger charge is -2.12. The molecule has 0 aromatic heterocycles. The zero-order valence-electron chi connectivity index (χ0n) is 15.7. The largest absolute Gasteiger partial charge is 0.496 e. The second kappa shape index (κ2) is 8.35. The Balaban J connectivity index is 2.04. The number of rotatable bonds is 6. The van der Waals surface area contributed by atoms with Crippen molar-refractivity contribution in [2.75, 3.05) is 28.4 Å². The molecule has 2 aromatic carbocycles. The van der Waals surface area contributed by atoms with Crippen molar-refractivity contribution < 1.29 is 28.5 Å². The summed E-state index contributed by atoms with van der Waals surface area (Å²) in [6, 6.07) is 8.79. The second-order valence-electron chi connectivity index (χ2n) is 5.64. The van der Waals surface area contributed by atoms with Crippen LogP contribution in [0.4, 0.5) is 0 Å². The van der Waals surface area contributed by atoms with Gasteiger partial charge in [0.15, 0.2) is 17.2 Å². The first-order valence-electron chi connectivity index (χ1n) is 8.17. The average Bonchev–Trinajstić information content (AvgIpc) is 3.07. The van der Waals surface area contributed by atoms with Gasteiger partial charge in [-0.15, -0.1) is 0 Å². The number of hydrogen-bond acceptors (Lipinski definition) is 7. The number of aliphatic imine (C=N–C) groups is 1. The molecule has 8 heteroatoms. The number of cyclic esters (lactones) is 1. The van der Waals surface area contributed by atoms with Crippen LogP contribution in [-0.2, 0) is 9.53 Å². The van der Waals surface area contributed by atoms with E-state index in [-0.39, 0.29) is 11.6 Å². The first-order chi connectivity index (χ1) is 13.5. The van der Waals surface area contributed by atoms with Gasteiger partial charge in [-0.2, -0.15) is 0 Å². The zero-order chi connectivity index (χ0) is 20.3. The summed E-state index contributed by atoms with van der Waals surface area (Å²) in [6.07, 6.45) is 1.59. The molecule has 0 atom stereocenters. The van der Waals surface area contributed by atoms with Crippen molar-refractivity contribution in [1.82, 2.24) is 0 Å². The van der Waals surface area contributed by atoms with Gasteiger partial charge in [0, 0.05) is 4.47 Å². The van der Waals surface area contributed by atoms with E-state index in [4.69, 9.17) is 23.7 Å². The van der Waals surface area contributed by atoms with Crippen LogP contribution in [0.5, 0.6) is 23.0 Å². The van der Waals surface area contributed by atoms with Crippen LogP contribution in [0.25, 0.3) is 6.08 Å². The Kier molecular flexibility index (Phi) is 5.89. The number of carbonyl (C=O) groups excluding carboxylic acids is 1. The quantitative estimate of drug-likeness (QED) is 0.494. The maximum absolute atomic E-state index is 12.3. The van der Waals surface area contributed by atoms with E-state index in [9.17, 15) is 4.79 Å². The molecule has 0 amide bonds. The second-order valence-corrected chi connectivity index (χ2v) is 6.56. The highest BCUT2D eigenvalue weighted by atomic mass is 79.9. The molecule has 1 heterocycles. The highest BCUT2D eigenvalue weighted by Crippen LogP contribution is 2.39. The molecule has 3 rings (SSSR count). The molecular weight excluding hydrogens is 430 g/mol. The lowest BCUT2D eigenvalue weighted by molar-refractivity contribution is -0.129. The van der Waals surface area contributed by atoms with Gasteiger partial charge in [0.1, 0.15) is 5.75 Å². The Morgan fingerprint density at radius 2 is 1.57 bits per heavy atom. The monoisotopic (exact) mass is 447 g/mol. The number of halogens is 1. The number of benzene rings is 2. The van der Waals surface area contributed by atoms with Crippen molar-refractivity contribution in [3.05, 3.63) is 51.6 Å². The zero-order valence-corrected chi connectivity index (χ0v) is 17.3. The van der Waals surface area contributed by atoms with Crippen molar-refractivity contribution in [1.29, 1.82) is 0 Å². The average molecular weight is 448 g/mol. The molecule has 0 fully saturated rings. The van der Waals surface area contributed by atoms with Gasteiger partial charge in [-0.05, 0) is 42.0 Å². The minimum absolute atomic E-state index is 0.145. The Labute approximate surface area is 170 Å². The maximum Gasteiger partial charge on any atom is 0.363 e. The normalized spacial score (nSPS) is 14.5. The molecule has 0 bridgehead atoms. The topological polar surface area (TPSA) is 75.6 Å². The highest BCUT2D eigenvalue weighted by Gasteiger charge is 2.27. The lowest BCUT2D eigenvalue weighted by Crippen LogP contribution is -2.07. The summed E-state index contributed by atoms with van der Waals surface area (Å²) in [4.78, 5) is 16.7. The highest BCUT2D eigenvalue weighted by molar-refractivity contribution is 9.10. The molecule has 0 aliphatic carbocycles. The molecule has 7 nitrogen and oxygen atoms in total. The molecular formula is C20H18BrNO6. The number of hydrogen-bond donors (Lipinski definition) is 0. The Hall–Kier alpha value is -3.00. The molecule has 2 aromatic rings. The van der Waals surface area contributed by atoms with Crippen molar-refractivity contribution in [2.45, 2.75) is 0 Å². The minimum Gasteiger partial charge on any atom is -0.496 e. The molecule has 0 radical (unpaired) electrons. The van der Waals surface area contributed by atoms with Gasteiger partial charge < -0.3 is 23.7 Å². The van der Waals surface area contributed by atoms with Crippen LogP contribution in [0.15, 0.2) is 45.5 Å². The fraction of sp³-hybridized carbons (Fsp3) is 0.200. The first kappa shape index (κ1) is 19.8. The van der Waals surface area contributed by atoms with Crippen LogP contribution in [-0.4, -0.2) is 40.3 Å². The SMILES string of the molecule is COc1ccc(Br)cc1C1=NC(=Cc2cc(OC)c(OC)c(OC)c2)C(=O)O1. The minimum atomic E-state index is -0.564.